The van der Waals surface area contributed by atoms with Gasteiger partial charge in [0.05, 0.1) is 37.6 Å². The summed E-state index contributed by atoms with van der Waals surface area (Å²) in [5.74, 6) is -0.294. The number of hydrazone groups is 1. The fourth-order valence-electron chi connectivity index (χ4n) is 2.35. The van der Waals surface area contributed by atoms with Crippen LogP contribution in [-0.4, -0.2) is 16.7 Å². The van der Waals surface area contributed by atoms with Crippen LogP contribution in [0.2, 0.25) is 10.0 Å². The van der Waals surface area contributed by atoms with Crippen LogP contribution in [0.5, 0.6) is 5.75 Å². The predicted molar refractivity (Wildman–Crippen MR) is 113 cm³/mol. The topological polar surface area (TPSA) is 87.7 Å². The van der Waals surface area contributed by atoms with Crippen molar-refractivity contribution in [2.75, 3.05) is 0 Å². The lowest BCUT2D eigenvalue weighted by Gasteiger charge is -2.04. The van der Waals surface area contributed by atoms with Gasteiger partial charge in [0.25, 0.3) is 5.91 Å². The van der Waals surface area contributed by atoms with E-state index >= 15 is 0 Å². The van der Waals surface area contributed by atoms with Crippen molar-refractivity contribution in [3.8, 4) is 16.2 Å². The normalized spacial score (nSPS) is 11.6. The van der Waals surface area contributed by atoms with Crippen LogP contribution in [0.15, 0.2) is 40.8 Å². The Balaban J connectivity index is 1.73. The first-order chi connectivity index (χ1) is 12.9. The van der Waals surface area contributed by atoms with E-state index in [0.29, 0.717) is 37.6 Å². The van der Waals surface area contributed by atoms with Gasteiger partial charge in [0, 0.05) is 10.3 Å². The fraction of sp³-hybridized carbons (Fsp3) is 0.111. The lowest BCUT2D eigenvalue weighted by atomic mass is 10.1. The lowest BCUT2D eigenvalue weighted by Crippen LogP contribution is -2.09. The van der Waals surface area contributed by atoms with Crippen molar-refractivity contribution >= 4 is 57.5 Å². The summed E-state index contributed by atoms with van der Waals surface area (Å²) in [6, 6.07) is 8.74. The van der Waals surface area contributed by atoms with E-state index in [9.17, 15) is 9.90 Å². The number of rotatable bonds is 6. The van der Waals surface area contributed by atoms with Crippen LogP contribution in [0.1, 0.15) is 27.0 Å². The van der Waals surface area contributed by atoms with Gasteiger partial charge in [0.15, 0.2) is 0 Å². The third-order valence-electron chi connectivity index (χ3n) is 3.74. The third kappa shape index (κ3) is 4.44. The highest BCUT2D eigenvalue weighted by atomic mass is 35.5. The minimum absolute atomic E-state index is 0.147. The summed E-state index contributed by atoms with van der Waals surface area (Å²) in [6.45, 7) is 2.26. The Labute approximate surface area is 174 Å². The highest BCUT2D eigenvalue weighted by molar-refractivity contribution is 7.14. The number of carbonyl (C=O) groups excluding carboxylic acids is 1. The number of thiophene rings is 2. The Bertz CT molecular complexity index is 1030. The second kappa shape index (κ2) is 8.31. The van der Waals surface area contributed by atoms with Crippen molar-refractivity contribution in [1.82, 2.24) is 5.43 Å². The van der Waals surface area contributed by atoms with Crippen molar-refractivity contribution in [3.05, 3.63) is 61.1 Å². The number of hydrogen-bond acceptors (Lipinski definition) is 6. The van der Waals surface area contributed by atoms with Gasteiger partial charge in [-0.05, 0) is 36.8 Å². The van der Waals surface area contributed by atoms with Crippen LogP contribution >= 0.6 is 45.9 Å². The molecule has 0 bridgehead atoms. The molecule has 0 aliphatic rings. The molecule has 0 aliphatic heterocycles. The molecular weight excluding hydrogens is 425 g/mol. The highest BCUT2D eigenvalue weighted by Gasteiger charge is 2.15. The summed E-state index contributed by atoms with van der Waals surface area (Å²) in [6.07, 6.45) is 0. The molecule has 1 amide bonds. The van der Waals surface area contributed by atoms with E-state index in [2.05, 4.69) is 10.5 Å². The quantitative estimate of drug-likeness (QED) is 0.368. The SMILES string of the molecule is C/C(=N\NCc1ccc(C(N)=O)s1)c1csc(-c2ccc(Cl)c(Cl)c2)c1O. The Morgan fingerprint density at radius 1 is 1.26 bits per heavy atom. The molecule has 140 valence electrons. The molecular formula is C18H15Cl2N3O2S2. The second-order valence-electron chi connectivity index (χ2n) is 5.62. The highest BCUT2D eigenvalue weighted by Crippen LogP contribution is 2.40. The van der Waals surface area contributed by atoms with Crippen molar-refractivity contribution in [1.29, 1.82) is 0 Å². The molecule has 2 heterocycles. The van der Waals surface area contributed by atoms with Crippen LogP contribution in [0, 0.1) is 0 Å². The smallest absolute Gasteiger partial charge is 0.258 e. The van der Waals surface area contributed by atoms with Gasteiger partial charge in [-0.2, -0.15) is 5.10 Å². The Morgan fingerprint density at radius 2 is 2.04 bits per heavy atom. The average molecular weight is 440 g/mol. The number of aromatic hydroxyl groups is 1. The van der Waals surface area contributed by atoms with Crippen molar-refractivity contribution in [2.24, 2.45) is 10.8 Å². The van der Waals surface area contributed by atoms with Crippen molar-refractivity contribution in [3.63, 3.8) is 0 Å². The summed E-state index contributed by atoms with van der Waals surface area (Å²) >= 11 is 14.7. The number of amides is 1. The minimum Gasteiger partial charge on any atom is -0.506 e. The molecule has 0 radical (unpaired) electrons. The van der Waals surface area contributed by atoms with Crippen LogP contribution in [-0.2, 0) is 6.54 Å². The molecule has 3 rings (SSSR count). The molecule has 0 saturated heterocycles. The van der Waals surface area contributed by atoms with Gasteiger partial charge in [0.1, 0.15) is 5.75 Å². The third-order valence-corrected chi connectivity index (χ3v) is 6.60. The fourth-order valence-corrected chi connectivity index (χ4v) is 4.44. The molecule has 0 unspecified atom stereocenters. The summed E-state index contributed by atoms with van der Waals surface area (Å²) in [5.41, 5.74) is 10.3. The Kier molecular flexibility index (Phi) is 6.06. The first kappa shape index (κ1) is 19.7. The molecule has 5 nitrogen and oxygen atoms in total. The van der Waals surface area contributed by atoms with Gasteiger partial charge in [-0.25, -0.2) is 0 Å². The zero-order valence-electron chi connectivity index (χ0n) is 14.1. The average Bonchev–Trinajstić information content (AvgIpc) is 3.24. The van der Waals surface area contributed by atoms with E-state index in [1.807, 2.05) is 11.4 Å². The van der Waals surface area contributed by atoms with Gasteiger partial charge in [-0.15, -0.1) is 22.7 Å². The van der Waals surface area contributed by atoms with E-state index in [0.717, 1.165) is 10.4 Å². The molecule has 0 fully saturated rings. The number of halogens is 2. The van der Waals surface area contributed by atoms with E-state index in [-0.39, 0.29) is 5.75 Å². The Hall–Kier alpha value is -2.06. The first-order valence-electron chi connectivity index (χ1n) is 7.78. The van der Waals surface area contributed by atoms with Gasteiger partial charge in [-0.3, -0.25) is 4.79 Å². The van der Waals surface area contributed by atoms with E-state index in [4.69, 9.17) is 28.9 Å². The number of hydrogen-bond donors (Lipinski definition) is 3. The number of benzene rings is 1. The van der Waals surface area contributed by atoms with Crippen LogP contribution in [0.4, 0.5) is 0 Å². The number of nitrogens with two attached hydrogens (primary N) is 1. The molecule has 0 spiro atoms. The lowest BCUT2D eigenvalue weighted by molar-refractivity contribution is 0.100. The molecule has 0 saturated carbocycles. The van der Waals surface area contributed by atoms with Crippen LogP contribution in [0.3, 0.4) is 0 Å². The standard InChI is InChI=1S/C18H15Cl2N3O2S2/c1-9(23-22-7-11-3-5-15(27-11)18(21)25)12-8-26-17(16(12)24)10-2-4-13(19)14(20)6-10/h2-6,8,22,24H,7H2,1H3,(H2,21,25)/b23-9+. The maximum Gasteiger partial charge on any atom is 0.258 e. The predicted octanol–water partition coefficient (Wildman–Crippen LogP) is 5.10. The van der Waals surface area contributed by atoms with Gasteiger partial charge >= 0.3 is 0 Å². The summed E-state index contributed by atoms with van der Waals surface area (Å²) in [7, 11) is 0. The molecule has 4 N–H and O–H groups in total. The molecule has 0 atom stereocenters. The van der Waals surface area contributed by atoms with E-state index in [1.54, 1.807) is 31.2 Å². The van der Waals surface area contributed by atoms with Crippen molar-refractivity contribution in [2.45, 2.75) is 13.5 Å². The zero-order chi connectivity index (χ0) is 19.6. The van der Waals surface area contributed by atoms with Gasteiger partial charge in [0.2, 0.25) is 0 Å². The molecule has 2 aromatic heterocycles. The first-order valence-corrected chi connectivity index (χ1v) is 10.2. The molecule has 3 aromatic rings. The number of nitrogens with one attached hydrogen (secondary N) is 1. The van der Waals surface area contributed by atoms with Crippen LogP contribution < -0.4 is 11.2 Å². The molecule has 27 heavy (non-hydrogen) atoms. The summed E-state index contributed by atoms with van der Waals surface area (Å²) in [5, 5.41) is 17.6. The minimum atomic E-state index is -0.441. The molecule has 0 aliphatic carbocycles. The molecule has 9 heteroatoms. The second-order valence-corrected chi connectivity index (χ2v) is 8.48. The van der Waals surface area contributed by atoms with Gasteiger partial charge < -0.3 is 16.3 Å². The van der Waals surface area contributed by atoms with E-state index < -0.39 is 5.91 Å². The number of nitrogens with zero attached hydrogens (tertiary/aromatic N) is 1. The molecule has 1 aromatic carbocycles. The maximum atomic E-state index is 11.1. The number of primary amides is 1. The van der Waals surface area contributed by atoms with Crippen molar-refractivity contribution < 1.29 is 9.90 Å². The summed E-state index contributed by atoms with van der Waals surface area (Å²) < 4.78 is 0. The van der Waals surface area contributed by atoms with E-state index in [1.165, 1.54) is 22.7 Å². The van der Waals surface area contributed by atoms with Gasteiger partial charge in [-0.1, -0.05) is 29.3 Å². The monoisotopic (exact) mass is 439 g/mol. The Morgan fingerprint density at radius 3 is 2.70 bits per heavy atom. The zero-order valence-corrected chi connectivity index (χ0v) is 17.3. The summed E-state index contributed by atoms with van der Waals surface area (Å²) in [4.78, 5) is 13.3. The maximum absolute atomic E-state index is 11.1. The largest absolute Gasteiger partial charge is 0.506 e. The van der Waals surface area contributed by atoms with Crippen LogP contribution in [0.25, 0.3) is 10.4 Å². The number of carbonyl (C=O) groups is 1.